The Kier molecular flexibility index (Phi) is 7.10. The van der Waals surface area contributed by atoms with E-state index in [0.717, 1.165) is 49.1 Å². The first-order chi connectivity index (χ1) is 13.1. The highest BCUT2D eigenvalue weighted by atomic mass is 35.5. The molecule has 1 N–H and O–H groups in total. The second-order valence-corrected chi connectivity index (χ2v) is 7.24. The van der Waals surface area contributed by atoms with E-state index in [9.17, 15) is 4.79 Å². The summed E-state index contributed by atoms with van der Waals surface area (Å²) in [6.07, 6.45) is 0. The second-order valence-electron chi connectivity index (χ2n) is 6.81. The van der Waals surface area contributed by atoms with Crippen molar-refractivity contribution < 1.29 is 9.53 Å². The summed E-state index contributed by atoms with van der Waals surface area (Å²) in [7, 11) is 1.64. The normalized spacial score (nSPS) is 15.5. The zero-order valence-electron chi connectivity index (χ0n) is 15.7. The molecule has 0 saturated carbocycles. The van der Waals surface area contributed by atoms with Crippen molar-refractivity contribution >= 4 is 17.5 Å². The van der Waals surface area contributed by atoms with Crippen molar-refractivity contribution in [3.8, 4) is 5.75 Å². The number of piperazine rings is 1. The minimum atomic E-state index is 0.0640. The molecule has 0 unspecified atom stereocenters. The predicted octanol–water partition coefficient (Wildman–Crippen LogP) is 2.78. The van der Waals surface area contributed by atoms with Crippen LogP contribution in [0.2, 0.25) is 5.02 Å². The van der Waals surface area contributed by atoms with Crippen molar-refractivity contribution in [1.82, 2.24) is 15.1 Å². The first-order valence-electron chi connectivity index (χ1n) is 9.21. The Labute approximate surface area is 165 Å². The van der Waals surface area contributed by atoms with Crippen LogP contribution < -0.4 is 10.1 Å². The van der Waals surface area contributed by atoms with Gasteiger partial charge in [0.2, 0.25) is 5.91 Å². The molecular weight excluding hydrogens is 362 g/mol. The molecule has 2 aromatic rings. The maximum Gasteiger partial charge on any atom is 0.234 e. The Bertz CT molecular complexity index is 743. The van der Waals surface area contributed by atoms with E-state index in [0.29, 0.717) is 13.1 Å². The highest BCUT2D eigenvalue weighted by molar-refractivity contribution is 6.30. The van der Waals surface area contributed by atoms with Crippen LogP contribution in [0.1, 0.15) is 11.1 Å². The maximum atomic E-state index is 12.2. The highest BCUT2D eigenvalue weighted by Crippen LogP contribution is 2.14. The molecule has 1 aliphatic rings. The van der Waals surface area contributed by atoms with E-state index in [-0.39, 0.29) is 5.91 Å². The number of carbonyl (C=O) groups is 1. The number of nitrogens with one attached hydrogen (secondary N) is 1. The molecule has 1 fully saturated rings. The zero-order valence-corrected chi connectivity index (χ0v) is 16.4. The molecular formula is C21H26ClN3O2. The van der Waals surface area contributed by atoms with E-state index in [2.05, 4.69) is 21.2 Å². The molecule has 0 radical (unpaired) electrons. The lowest BCUT2D eigenvalue weighted by atomic mass is 10.2. The summed E-state index contributed by atoms with van der Waals surface area (Å²) in [6, 6.07) is 15.7. The standard InChI is InChI=1S/C21H26ClN3O2/c1-27-20-7-5-17(6-8-20)14-23-21(26)16-25-11-9-24(10-12-25)15-18-3-2-4-19(22)13-18/h2-8,13H,9-12,14-16H2,1H3,(H,23,26). The Balaban J connectivity index is 1.37. The number of benzene rings is 2. The summed E-state index contributed by atoms with van der Waals surface area (Å²) in [5, 5.41) is 3.77. The minimum absolute atomic E-state index is 0.0640. The molecule has 27 heavy (non-hydrogen) atoms. The molecule has 5 nitrogen and oxygen atoms in total. The van der Waals surface area contributed by atoms with Gasteiger partial charge in [0.15, 0.2) is 0 Å². The van der Waals surface area contributed by atoms with Gasteiger partial charge in [-0.25, -0.2) is 0 Å². The number of hydrogen-bond acceptors (Lipinski definition) is 4. The van der Waals surface area contributed by atoms with Gasteiger partial charge in [-0.05, 0) is 35.4 Å². The SMILES string of the molecule is COc1ccc(CNC(=O)CN2CCN(Cc3cccc(Cl)c3)CC2)cc1. The predicted molar refractivity (Wildman–Crippen MR) is 108 cm³/mol. The van der Waals surface area contributed by atoms with Crippen molar-refractivity contribution in [1.29, 1.82) is 0 Å². The molecule has 2 aromatic carbocycles. The van der Waals surface area contributed by atoms with Crippen molar-refractivity contribution in [2.45, 2.75) is 13.1 Å². The molecule has 0 aromatic heterocycles. The van der Waals surface area contributed by atoms with E-state index >= 15 is 0 Å². The molecule has 1 heterocycles. The molecule has 6 heteroatoms. The zero-order chi connectivity index (χ0) is 19.1. The summed E-state index contributed by atoms with van der Waals surface area (Å²) < 4.78 is 5.14. The lowest BCUT2D eigenvalue weighted by molar-refractivity contribution is -0.122. The summed E-state index contributed by atoms with van der Waals surface area (Å²) in [4.78, 5) is 16.8. The summed E-state index contributed by atoms with van der Waals surface area (Å²) in [6.45, 7) is 5.60. The fourth-order valence-corrected chi connectivity index (χ4v) is 3.41. The van der Waals surface area contributed by atoms with Gasteiger partial charge in [-0.1, -0.05) is 35.9 Å². The Morgan fingerprint density at radius 3 is 2.41 bits per heavy atom. The number of halogens is 1. The van der Waals surface area contributed by atoms with Gasteiger partial charge in [0, 0.05) is 44.3 Å². The molecule has 3 rings (SSSR count). The number of ether oxygens (including phenoxy) is 1. The van der Waals surface area contributed by atoms with Gasteiger partial charge >= 0.3 is 0 Å². The number of hydrogen-bond donors (Lipinski definition) is 1. The first kappa shape index (κ1) is 19.7. The van der Waals surface area contributed by atoms with Gasteiger partial charge < -0.3 is 10.1 Å². The van der Waals surface area contributed by atoms with Crippen molar-refractivity contribution in [3.63, 3.8) is 0 Å². The summed E-state index contributed by atoms with van der Waals surface area (Å²) in [5.74, 6) is 0.884. The molecule has 1 amide bonds. The third kappa shape index (κ3) is 6.24. The Morgan fingerprint density at radius 1 is 1.04 bits per heavy atom. The van der Waals surface area contributed by atoms with Crippen LogP contribution in [-0.4, -0.2) is 55.5 Å². The molecule has 1 saturated heterocycles. The highest BCUT2D eigenvalue weighted by Gasteiger charge is 2.19. The third-order valence-corrected chi connectivity index (χ3v) is 5.01. The quantitative estimate of drug-likeness (QED) is 0.793. The second kappa shape index (κ2) is 9.74. The van der Waals surface area contributed by atoms with Crippen molar-refractivity contribution in [2.75, 3.05) is 39.8 Å². The van der Waals surface area contributed by atoms with Gasteiger partial charge in [-0.2, -0.15) is 0 Å². The van der Waals surface area contributed by atoms with E-state index in [1.165, 1.54) is 5.56 Å². The van der Waals surface area contributed by atoms with E-state index < -0.39 is 0 Å². The molecule has 0 aliphatic carbocycles. The number of rotatable bonds is 7. The molecule has 0 bridgehead atoms. The summed E-state index contributed by atoms with van der Waals surface area (Å²) in [5.41, 5.74) is 2.30. The Morgan fingerprint density at radius 2 is 1.74 bits per heavy atom. The fraction of sp³-hybridized carbons (Fsp3) is 0.381. The van der Waals surface area contributed by atoms with Gasteiger partial charge in [0.25, 0.3) is 0 Å². The lowest BCUT2D eigenvalue weighted by Crippen LogP contribution is -2.49. The third-order valence-electron chi connectivity index (χ3n) is 4.78. The van der Waals surface area contributed by atoms with Crippen LogP contribution in [0.15, 0.2) is 48.5 Å². The molecule has 1 aliphatic heterocycles. The van der Waals surface area contributed by atoms with Crippen molar-refractivity contribution in [3.05, 3.63) is 64.7 Å². The molecule has 0 spiro atoms. The number of methoxy groups -OCH3 is 1. The van der Waals surface area contributed by atoms with E-state index in [1.807, 2.05) is 42.5 Å². The van der Waals surface area contributed by atoms with Crippen LogP contribution >= 0.6 is 11.6 Å². The van der Waals surface area contributed by atoms with Gasteiger partial charge in [0.1, 0.15) is 5.75 Å². The lowest BCUT2D eigenvalue weighted by Gasteiger charge is -2.34. The minimum Gasteiger partial charge on any atom is -0.497 e. The summed E-state index contributed by atoms with van der Waals surface area (Å²) >= 11 is 6.05. The monoisotopic (exact) mass is 387 g/mol. The topological polar surface area (TPSA) is 44.8 Å². The van der Waals surface area contributed by atoms with Crippen LogP contribution in [-0.2, 0) is 17.9 Å². The maximum absolute atomic E-state index is 12.2. The van der Waals surface area contributed by atoms with Crippen LogP contribution in [0.25, 0.3) is 0 Å². The van der Waals surface area contributed by atoms with Crippen LogP contribution in [0.5, 0.6) is 5.75 Å². The van der Waals surface area contributed by atoms with E-state index in [4.69, 9.17) is 16.3 Å². The van der Waals surface area contributed by atoms with Gasteiger partial charge in [-0.15, -0.1) is 0 Å². The van der Waals surface area contributed by atoms with Crippen LogP contribution in [0.3, 0.4) is 0 Å². The smallest absolute Gasteiger partial charge is 0.234 e. The largest absolute Gasteiger partial charge is 0.497 e. The number of nitrogens with zero attached hydrogens (tertiary/aromatic N) is 2. The average Bonchev–Trinajstić information content (AvgIpc) is 2.68. The first-order valence-corrected chi connectivity index (χ1v) is 9.59. The number of carbonyl (C=O) groups excluding carboxylic acids is 1. The molecule has 144 valence electrons. The van der Waals surface area contributed by atoms with Gasteiger partial charge in [-0.3, -0.25) is 14.6 Å². The number of amides is 1. The van der Waals surface area contributed by atoms with Crippen molar-refractivity contribution in [2.24, 2.45) is 0 Å². The van der Waals surface area contributed by atoms with E-state index in [1.54, 1.807) is 7.11 Å². The van der Waals surface area contributed by atoms with Gasteiger partial charge in [0.05, 0.1) is 13.7 Å². The van der Waals surface area contributed by atoms with Crippen LogP contribution in [0, 0.1) is 0 Å². The average molecular weight is 388 g/mol. The fourth-order valence-electron chi connectivity index (χ4n) is 3.20. The van der Waals surface area contributed by atoms with Crippen LogP contribution in [0.4, 0.5) is 0 Å². The molecule has 0 atom stereocenters. The Hall–Kier alpha value is -2.08.